The zero-order valence-electron chi connectivity index (χ0n) is 19.0. The molecular formula is C27H24ClN3O4. The number of halogens is 1. The van der Waals surface area contributed by atoms with Crippen LogP contribution >= 0.6 is 12.4 Å². The smallest absolute Gasteiger partial charge is 0.269 e. The lowest BCUT2D eigenvalue weighted by Gasteiger charge is -2.34. The molecule has 178 valence electrons. The van der Waals surface area contributed by atoms with E-state index < -0.39 is 11.0 Å². The molecule has 2 unspecified atom stereocenters. The maximum Gasteiger partial charge on any atom is 0.269 e. The Morgan fingerprint density at radius 1 is 0.971 bits per heavy atom. The molecule has 0 spiro atoms. The van der Waals surface area contributed by atoms with Crippen molar-refractivity contribution in [1.29, 1.82) is 0 Å². The standard InChI is InChI=1S/C27H23N3O4.ClH/c1-17(31)29-24-13-6-5-12-22(24)28-23-15-20(19-10-7-11-21(14-19)30(33)34)16-25(32)26(23)27(29)18-8-3-2-4-9-18;/h2-14,20,27-28H,15-16H2,1H3;1H. The van der Waals surface area contributed by atoms with Crippen molar-refractivity contribution in [2.45, 2.75) is 31.7 Å². The summed E-state index contributed by atoms with van der Waals surface area (Å²) in [5.74, 6) is -0.435. The van der Waals surface area contributed by atoms with Gasteiger partial charge < -0.3 is 5.32 Å². The summed E-state index contributed by atoms with van der Waals surface area (Å²) in [5, 5.41) is 14.7. The van der Waals surface area contributed by atoms with Crippen molar-refractivity contribution in [3.8, 4) is 0 Å². The molecule has 1 heterocycles. The molecule has 0 fully saturated rings. The lowest BCUT2D eigenvalue weighted by atomic mass is 9.78. The van der Waals surface area contributed by atoms with Crippen LogP contribution in [-0.4, -0.2) is 16.6 Å². The van der Waals surface area contributed by atoms with Gasteiger partial charge in [0.25, 0.3) is 5.69 Å². The second-order valence-corrected chi connectivity index (χ2v) is 8.62. The number of hydrogen-bond acceptors (Lipinski definition) is 5. The van der Waals surface area contributed by atoms with Gasteiger partial charge in [-0.15, -0.1) is 12.4 Å². The van der Waals surface area contributed by atoms with Gasteiger partial charge in [0, 0.05) is 36.7 Å². The molecule has 3 aromatic carbocycles. The molecule has 3 aromatic rings. The molecule has 1 N–H and O–H groups in total. The fourth-order valence-corrected chi connectivity index (χ4v) is 5.02. The third-order valence-electron chi connectivity index (χ3n) is 6.50. The van der Waals surface area contributed by atoms with Gasteiger partial charge in [0.1, 0.15) is 0 Å². The van der Waals surface area contributed by atoms with Crippen molar-refractivity contribution in [1.82, 2.24) is 0 Å². The van der Waals surface area contributed by atoms with Gasteiger partial charge in [0.15, 0.2) is 5.78 Å². The van der Waals surface area contributed by atoms with E-state index in [1.165, 1.54) is 13.0 Å². The molecule has 0 aromatic heterocycles. The number of non-ortho nitro benzene ring substituents is 1. The van der Waals surface area contributed by atoms with Crippen LogP contribution in [0.4, 0.5) is 17.1 Å². The Morgan fingerprint density at radius 3 is 2.37 bits per heavy atom. The topological polar surface area (TPSA) is 92.6 Å². The van der Waals surface area contributed by atoms with Gasteiger partial charge in [0.05, 0.1) is 22.3 Å². The van der Waals surface area contributed by atoms with E-state index in [0.717, 1.165) is 22.5 Å². The number of rotatable bonds is 3. The number of para-hydroxylation sites is 2. The van der Waals surface area contributed by atoms with Crippen molar-refractivity contribution >= 4 is 41.2 Å². The Balaban J connectivity index is 0.00000289. The monoisotopic (exact) mass is 489 g/mol. The normalized spacial score (nSPS) is 19.0. The lowest BCUT2D eigenvalue weighted by molar-refractivity contribution is -0.384. The van der Waals surface area contributed by atoms with Gasteiger partial charge in [-0.2, -0.15) is 0 Å². The predicted molar refractivity (Wildman–Crippen MR) is 137 cm³/mol. The molecule has 2 atom stereocenters. The van der Waals surface area contributed by atoms with Crippen LogP contribution in [0.2, 0.25) is 0 Å². The van der Waals surface area contributed by atoms with E-state index in [1.54, 1.807) is 17.0 Å². The number of anilines is 2. The SMILES string of the molecule is CC(=O)N1c2ccccc2NC2=C(C(=O)CC(c3cccc([N+](=O)[O-])c3)C2)C1c1ccccc1.Cl. The number of Topliss-reactive ketones (excluding diaryl/α,β-unsaturated/α-hetero) is 1. The summed E-state index contributed by atoms with van der Waals surface area (Å²) < 4.78 is 0. The van der Waals surface area contributed by atoms with Gasteiger partial charge in [-0.1, -0.05) is 54.6 Å². The molecule has 2 aliphatic rings. The van der Waals surface area contributed by atoms with Crippen molar-refractivity contribution < 1.29 is 14.5 Å². The number of amides is 1. The largest absolute Gasteiger partial charge is 0.357 e. The highest BCUT2D eigenvalue weighted by Crippen LogP contribution is 2.47. The van der Waals surface area contributed by atoms with E-state index in [0.29, 0.717) is 17.7 Å². The third kappa shape index (κ3) is 4.42. The van der Waals surface area contributed by atoms with E-state index in [1.807, 2.05) is 60.7 Å². The number of allylic oxidation sites excluding steroid dienone is 1. The number of ketones is 1. The van der Waals surface area contributed by atoms with E-state index in [4.69, 9.17) is 0 Å². The highest BCUT2D eigenvalue weighted by molar-refractivity contribution is 6.06. The van der Waals surface area contributed by atoms with E-state index in [2.05, 4.69) is 5.32 Å². The van der Waals surface area contributed by atoms with E-state index >= 15 is 0 Å². The van der Waals surface area contributed by atoms with Crippen LogP contribution in [0.1, 0.15) is 42.9 Å². The van der Waals surface area contributed by atoms with Crippen LogP contribution in [0.5, 0.6) is 0 Å². The first kappa shape index (κ1) is 24.2. The molecule has 1 aliphatic carbocycles. The number of fused-ring (bicyclic) bond motifs is 1. The minimum absolute atomic E-state index is 0. The number of carbonyl (C=O) groups is 2. The Hall–Kier alpha value is -3.97. The first-order valence-corrected chi connectivity index (χ1v) is 11.2. The molecule has 0 saturated carbocycles. The average molecular weight is 490 g/mol. The molecule has 35 heavy (non-hydrogen) atoms. The van der Waals surface area contributed by atoms with Gasteiger partial charge in [0.2, 0.25) is 5.91 Å². The van der Waals surface area contributed by atoms with Crippen LogP contribution in [0, 0.1) is 10.1 Å². The zero-order chi connectivity index (χ0) is 23.8. The zero-order valence-corrected chi connectivity index (χ0v) is 19.8. The number of nitrogens with zero attached hydrogens (tertiary/aromatic N) is 2. The minimum Gasteiger partial charge on any atom is -0.357 e. The number of carbonyl (C=O) groups excluding carboxylic acids is 2. The average Bonchev–Trinajstić information content (AvgIpc) is 2.99. The fourth-order valence-electron chi connectivity index (χ4n) is 5.02. The molecular weight excluding hydrogens is 466 g/mol. The third-order valence-corrected chi connectivity index (χ3v) is 6.50. The number of nitrogens with one attached hydrogen (secondary N) is 1. The van der Waals surface area contributed by atoms with Crippen LogP contribution in [-0.2, 0) is 9.59 Å². The predicted octanol–water partition coefficient (Wildman–Crippen LogP) is 5.94. The molecule has 5 rings (SSSR count). The highest BCUT2D eigenvalue weighted by atomic mass is 35.5. The number of nitro benzene ring substituents is 1. The molecule has 8 heteroatoms. The Morgan fingerprint density at radius 2 is 1.66 bits per heavy atom. The summed E-state index contributed by atoms with van der Waals surface area (Å²) in [5.41, 5.74) is 4.39. The van der Waals surface area contributed by atoms with Crippen molar-refractivity contribution in [3.05, 3.63) is 111 Å². The van der Waals surface area contributed by atoms with Crippen molar-refractivity contribution in [2.24, 2.45) is 0 Å². The number of nitro groups is 1. The second-order valence-electron chi connectivity index (χ2n) is 8.62. The summed E-state index contributed by atoms with van der Waals surface area (Å²) in [7, 11) is 0. The second kappa shape index (κ2) is 9.72. The highest BCUT2D eigenvalue weighted by Gasteiger charge is 2.40. The number of benzene rings is 3. The molecule has 0 radical (unpaired) electrons. The minimum atomic E-state index is -0.566. The first-order chi connectivity index (χ1) is 16.4. The van der Waals surface area contributed by atoms with Crippen LogP contribution in [0.25, 0.3) is 0 Å². The summed E-state index contributed by atoms with van der Waals surface area (Å²) in [6.45, 7) is 1.51. The molecule has 1 aliphatic heterocycles. The summed E-state index contributed by atoms with van der Waals surface area (Å²) in [6, 6.07) is 23.0. The van der Waals surface area contributed by atoms with E-state index in [9.17, 15) is 19.7 Å². The van der Waals surface area contributed by atoms with Crippen molar-refractivity contribution in [3.63, 3.8) is 0 Å². The van der Waals surface area contributed by atoms with Gasteiger partial charge in [-0.05, 0) is 35.6 Å². The summed E-state index contributed by atoms with van der Waals surface area (Å²) in [4.78, 5) is 39.2. The van der Waals surface area contributed by atoms with E-state index in [-0.39, 0.29) is 42.1 Å². The quantitative estimate of drug-likeness (QED) is 0.363. The maximum atomic E-state index is 13.7. The molecule has 0 bridgehead atoms. The first-order valence-electron chi connectivity index (χ1n) is 11.2. The summed E-state index contributed by atoms with van der Waals surface area (Å²) >= 11 is 0. The van der Waals surface area contributed by atoms with Crippen molar-refractivity contribution in [2.75, 3.05) is 10.2 Å². The van der Waals surface area contributed by atoms with Gasteiger partial charge >= 0.3 is 0 Å². The van der Waals surface area contributed by atoms with Crippen LogP contribution in [0.15, 0.2) is 90.1 Å². The van der Waals surface area contributed by atoms with Crippen LogP contribution in [0.3, 0.4) is 0 Å². The van der Waals surface area contributed by atoms with Gasteiger partial charge in [-0.3, -0.25) is 24.6 Å². The number of hydrogen-bond donors (Lipinski definition) is 1. The Kier molecular flexibility index (Phi) is 6.71. The molecule has 0 saturated heterocycles. The Bertz CT molecular complexity index is 1340. The molecule has 7 nitrogen and oxygen atoms in total. The molecule has 1 amide bonds. The lowest BCUT2D eigenvalue weighted by Crippen LogP contribution is -2.37. The summed E-state index contributed by atoms with van der Waals surface area (Å²) in [6.07, 6.45) is 0.721. The van der Waals surface area contributed by atoms with Gasteiger partial charge in [-0.25, -0.2) is 0 Å². The maximum absolute atomic E-state index is 13.7. The Labute approximate surface area is 209 Å². The van der Waals surface area contributed by atoms with Crippen LogP contribution < -0.4 is 10.2 Å². The fraction of sp³-hybridized carbons (Fsp3) is 0.185.